The Labute approximate surface area is 313 Å². The molecule has 0 aliphatic rings. The fourth-order valence-electron chi connectivity index (χ4n) is 7.52. The van der Waals surface area contributed by atoms with E-state index in [1.807, 2.05) is 24.4 Å². The Morgan fingerprint density at radius 2 is 1.13 bits per heavy atom. The van der Waals surface area contributed by atoms with Crippen LogP contribution in [0, 0.1) is 0 Å². The summed E-state index contributed by atoms with van der Waals surface area (Å²) in [6.45, 7) is 0. The summed E-state index contributed by atoms with van der Waals surface area (Å²) in [6, 6.07) is 56.9. The van der Waals surface area contributed by atoms with Crippen molar-refractivity contribution in [1.29, 1.82) is 0 Å². The summed E-state index contributed by atoms with van der Waals surface area (Å²) in [5, 5.41) is 5.63. The lowest BCUT2D eigenvalue weighted by Gasteiger charge is -2.12. The number of rotatable bonds is 5. The van der Waals surface area contributed by atoms with Gasteiger partial charge >= 0.3 is 0 Å². The molecule has 0 aliphatic heterocycles. The van der Waals surface area contributed by atoms with E-state index in [1.54, 1.807) is 11.3 Å². The maximum absolute atomic E-state index is 6.53. The third kappa shape index (κ3) is 5.07. The van der Waals surface area contributed by atoms with Gasteiger partial charge in [-0.2, -0.15) is 0 Å². The van der Waals surface area contributed by atoms with Crippen LogP contribution in [0.5, 0.6) is 0 Å². The SMILES string of the molecule is c1ccc(-c2ccc(-c3cc(-c4nc(-c5ccc6ccccc6c5)nc(-c5cccc6c5sc5ccccc56)n4)cc4c3oc3cccnc34)cc2)cc1. The van der Waals surface area contributed by atoms with E-state index in [2.05, 4.69) is 146 Å². The van der Waals surface area contributed by atoms with Crippen LogP contribution in [0.4, 0.5) is 0 Å². The molecule has 5 nitrogen and oxygen atoms in total. The molecular formula is C48H28N4OS. The molecule has 7 aromatic carbocycles. The van der Waals surface area contributed by atoms with E-state index < -0.39 is 0 Å². The van der Waals surface area contributed by atoms with Gasteiger partial charge in [-0.1, -0.05) is 121 Å². The summed E-state index contributed by atoms with van der Waals surface area (Å²) >= 11 is 1.77. The van der Waals surface area contributed by atoms with Crippen LogP contribution in [0.2, 0.25) is 0 Å². The van der Waals surface area contributed by atoms with E-state index >= 15 is 0 Å². The smallest absolute Gasteiger partial charge is 0.165 e. The molecule has 0 radical (unpaired) electrons. The molecule has 0 saturated heterocycles. The summed E-state index contributed by atoms with van der Waals surface area (Å²) in [7, 11) is 0. The molecule has 0 atom stereocenters. The maximum Gasteiger partial charge on any atom is 0.165 e. The van der Waals surface area contributed by atoms with E-state index in [1.165, 1.54) is 26.4 Å². The lowest BCUT2D eigenvalue weighted by atomic mass is 9.97. The van der Waals surface area contributed by atoms with E-state index in [9.17, 15) is 0 Å². The average Bonchev–Trinajstić information content (AvgIpc) is 3.82. The number of hydrogen-bond acceptors (Lipinski definition) is 6. The normalized spacial score (nSPS) is 11.7. The highest BCUT2D eigenvalue weighted by atomic mass is 32.1. The van der Waals surface area contributed by atoms with Gasteiger partial charge in [0.2, 0.25) is 0 Å². The molecule has 0 amide bonds. The van der Waals surface area contributed by atoms with Crippen molar-refractivity contribution in [1.82, 2.24) is 19.9 Å². The minimum atomic E-state index is 0.579. The number of pyridine rings is 1. The molecule has 4 heterocycles. The lowest BCUT2D eigenvalue weighted by Crippen LogP contribution is -2.00. The average molecular weight is 709 g/mol. The third-order valence-electron chi connectivity index (χ3n) is 10.2. The molecule has 54 heavy (non-hydrogen) atoms. The highest BCUT2D eigenvalue weighted by molar-refractivity contribution is 7.26. The number of furan rings is 1. The van der Waals surface area contributed by atoms with Crippen LogP contribution in [0.3, 0.4) is 0 Å². The second-order valence-electron chi connectivity index (χ2n) is 13.4. The van der Waals surface area contributed by atoms with Gasteiger partial charge in [0.05, 0.1) is 0 Å². The number of benzene rings is 7. The first-order chi connectivity index (χ1) is 26.7. The standard InChI is InChI=1S/C48H28N4OS/c1-2-10-29(11-3-1)31-19-22-32(23-20-31)39-27-35(28-40-43-41(53-44(39)40)17-9-25-49-43)47-50-46(34-24-21-30-12-4-5-13-33(30)26-34)51-48(52-47)38-16-8-15-37-36-14-6-7-18-42(36)54-45(37)38/h1-28H. The highest BCUT2D eigenvalue weighted by Gasteiger charge is 2.20. The molecule has 0 saturated carbocycles. The zero-order chi connectivity index (χ0) is 35.6. The van der Waals surface area contributed by atoms with Crippen LogP contribution in [0.25, 0.3) is 109 Å². The van der Waals surface area contributed by atoms with Gasteiger partial charge in [0.1, 0.15) is 11.1 Å². The summed E-state index contributed by atoms with van der Waals surface area (Å²) in [4.78, 5) is 20.5. The highest BCUT2D eigenvalue weighted by Crippen LogP contribution is 2.42. The molecule has 11 aromatic rings. The van der Waals surface area contributed by atoms with Crippen molar-refractivity contribution >= 4 is 64.4 Å². The third-order valence-corrected chi connectivity index (χ3v) is 11.4. The molecule has 0 N–H and O–H groups in total. The molecule has 11 rings (SSSR count). The molecule has 4 aromatic heterocycles. The monoisotopic (exact) mass is 708 g/mol. The van der Waals surface area contributed by atoms with Crippen LogP contribution >= 0.6 is 11.3 Å². The van der Waals surface area contributed by atoms with Gasteiger partial charge in [-0.15, -0.1) is 11.3 Å². The van der Waals surface area contributed by atoms with Crippen molar-refractivity contribution in [2.45, 2.75) is 0 Å². The van der Waals surface area contributed by atoms with Gasteiger partial charge in [-0.25, -0.2) is 15.0 Å². The van der Waals surface area contributed by atoms with Gasteiger partial charge in [0.25, 0.3) is 0 Å². The van der Waals surface area contributed by atoms with Crippen molar-refractivity contribution in [3.8, 4) is 56.4 Å². The maximum atomic E-state index is 6.53. The zero-order valence-electron chi connectivity index (χ0n) is 28.8. The van der Waals surface area contributed by atoms with E-state index in [4.69, 9.17) is 24.4 Å². The van der Waals surface area contributed by atoms with Crippen molar-refractivity contribution < 1.29 is 4.42 Å². The molecule has 6 heteroatoms. The molecule has 0 spiro atoms. The van der Waals surface area contributed by atoms with Crippen molar-refractivity contribution in [2.24, 2.45) is 0 Å². The van der Waals surface area contributed by atoms with Gasteiger partial charge in [0, 0.05) is 54.0 Å². The fourth-order valence-corrected chi connectivity index (χ4v) is 8.73. The Hall–Kier alpha value is -7.02. The Balaban J connectivity index is 1.16. The second-order valence-corrected chi connectivity index (χ2v) is 14.5. The van der Waals surface area contributed by atoms with Gasteiger partial charge in [-0.05, 0) is 69.9 Å². The van der Waals surface area contributed by atoms with Crippen LogP contribution < -0.4 is 0 Å². The number of fused-ring (bicyclic) bond motifs is 7. The predicted octanol–water partition coefficient (Wildman–Crippen LogP) is 13.0. The topological polar surface area (TPSA) is 64.7 Å². The van der Waals surface area contributed by atoms with Crippen LogP contribution in [0.15, 0.2) is 174 Å². The summed E-state index contributed by atoms with van der Waals surface area (Å²) < 4.78 is 8.92. The van der Waals surface area contributed by atoms with Gasteiger partial charge in [0.15, 0.2) is 23.1 Å². The zero-order valence-corrected chi connectivity index (χ0v) is 29.6. The van der Waals surface area contributed by atoms with Crippen molar-refractivity contribution in [3.05, 3.63) is 170 Å². The van der Waals surface area contributed by atoms with E-state index in [0.717, 1.165) is 65.5 Å². The Morgan fingerprint density at radius 1 is 0.426 bits per heavy atom. The van der Waals surface area contributed by atoms with Gasteiger partial charge < -0.3 is 4.42 Å². The number of nitrogens with zero attached hydrogens (tertiary/aromatic N) is 4. The Morgan fingerprint density at radius 3 is 2.02 bits per heavy atom. The molecule has 0 unspecified atom stereocenters. The number of thiophene rings is 1. The van der Waals surface area contributed by atoms with Gasteiger partial charge in [-0.3, -0.25) is 4.98 Å². The number of hydrogen-bond donors (Lipinski definition) is 0. The predicted molar refractivity (Wildman–Crippen MR) is 222 cm³/mol. The second kappa shape index (κ2) is 12.3. The summed E-state index contributed by atoms with van der Waals surface area (Å²) in [5.74, 6) is 1.82. The first kappa shape index (κ1) is 30.6. The largest absolute Gasteiger partial charge is 0.454 e. The molecule has 0 fully saturated rings. The Bertz CT molecular complexity index is 3220. The minimum Gasteiger partial charge on any atom is -0.454 e. The summed E-state index contributed by atoms with van der Waals surface area (Å²) in [5.41, 5.74) is 9.36. The van der Waals surface area contributed by atoms with E-state index in [0.29, 0.717) is 17.5 Å². The minimum absolute atomic E-state index is 0.579. The molecule has 252 valence electrons. The molecule has 0 bridgehead atoms. The molecular weight excluding hydrogens is 681 g/mol. The Kier molecular flexibility index (Phi) is 6.97. The van der Waals surface area contributed by atoms with Crippen LogP contribution in [-0.4, -0.2) is 19.9 Å². The van der Waals surface area contributed by atoms with Crippen LogP contribution in [0.1, 0.15) is 0 Å². The number of aromatic nitrogens is 4. The van der Waals surface area contributed by atoms with Crippen molar-refractivity contribution in [3.63, 3.8) is 0 Å². The van der Waals surface area contributed by atoms with Crippen molar-refractivity contribution in [2.75, 3.05) is 0 Å². The quantitative estimate of drug-likeness (QED) is 0.178. The first-order valence-electron chi connectivity index (χ1n) is 17.9. The molecule has 0 aliphatic carbocycles. The lowest BCUT2D eigenvalue weighted by molar-refractivity contribution is 0.669. The summed E-state index contributed by atoms with van der Waals surface area (Å²) in [6.07, 6.45) is 1.81. The fraction of sp³-hybridized carbons (Fsp3) is 0. The first-order valence-corrected chi connectivity index (χ1v) is 18.7. The van der Waals surface area contributed by atoms with E-state index in [-0.39, 0.29) is 0 Å². The van der Waals surface area contributed by atoms with Crippen LogP contribution in [-0.2, 0) is 0 Å².